The van der Waals surface area contributed by atoms with E-state index in [0.717, 1.165) is 40.8 Å². The van der Waals surface area contributed by atoms with Crippen molar-refractivity contribution in [1.29, 1.82) is 0 Å². The molecule has 0 amide bonds. The summed E-state index contributed by atoms with van der Waals surface area (Å²) in [7, 11) is 0. The van der Waals surface area contributed by atoms with Crippen molar-refractivity contribution < 1.29 is 19.7 Å². The summed E-state index contributed by atoms with van der Waals surface area (Å²) in [4.78, 5) is 12.5. The van der Waals surface area contributed by atoms with Gasteiger partial charge in [0.05, 0.1) is 12.2 Å². The highest BCUT2D eigenvalue weighted by molar-refractivity contribution is 6.20. The van der Waals surface area contributed by atoms with E-state index in [1.54, 1.807) is 12.1 Å². The monoisotopic (exact) mass is 605 g/mol. The van der Waals surface area contributed by atoms with Crippen molar-refractivity contribution >= 4 is 17.4 Å². The largest absolute Gasteiger partial charge is 0.507 e. The molecule has 45 heavy (non-hydrogen) atoms. The van der Waals surface area contributed by atoms with Crippen LogP contribution in [0.1, 0.15) is 64.9 Å². The van der Waals surface area contributed by atoms with Gasteiger partial charge in [-0.15, -0.1) is 0 Å². The molecule has 0 saturated heterocycles. The average molecular weight is 606 g/mol. The lowest BCUT2D eigenvalue weighted by Gasteiger charge is -2.36. The van der Waals surface area contributed by atoms with Crippen LogP contribution in [0.5, 0.6) is 11.5 Å². The number of benzene rings is 4. The van der Waals surface area contributed by atoms with Gasteiger partial charge in [-0.3, -0.25) is 4.90 Å². The van der Waals surface area contributed by atoms with Crippen LogP contribution in [0.25, 0.3) is 0 Å². The first kappa shape index (κ1) is 31.9. The summed E-state index contributed by atoms with van der Waals surface area (Å²) in [5.74, 6) is 1.64. The van der Waals surface area contributed by atoms with E-state index in [4.69, 9.17) is 19.5 Å². The van der Waals surface area contributed by atoms with E-state index >= 15 is 0 Å². The van der Waals surface area contributed by atoms with Crippen LogP contribution in [0, 0.1) is 27.7 Å². The number of hydrogen-bond donors (Lipinski definition) is 2. The molecule has 1 aliphatic heterocycles. The average Bonchev–Trinajstić information content (AvgIpc) is 3.02. The predicted octanol–water partition coefficient (Wildman–Crippen LogP) is 7.59. The van der Waals surface area contributed by atoms with Crippen LogP contribution in [-0.4, -0.2) is 47.8 Å². The molecule has 5 rings (SSSR count). The highest BCUT2D eigenvalue weighted by Crippen LogP contribution is 2.38. The van der Waals surface area contributed by atoms with Gasteiger partial charge < -0.3 is 19.7 Å². The smallest absolute Gasteiger partial charge is 0.159 e. The molecule has 234 valence electrons. The van der Waals surface area contributed by atoms with Crippen LogP contribution in [0.3, 0.4) is 0 Å². The first-order valence-electron chi connectivity index (χ1n) is 15.6. The van der Waals surface area contributed by atoms with Crippen molar-refractivity contribution in [2.24, 2.45) is 9.98 Å². The fourth-order valence-electron chi connectivity index (χ4n) is 5.53. The molecule has 2 N–H and O–H groups in total. The maximum atomic E-state index is 11.5. The summed E-state index contributed by atoms with van der Waals surface area (Å²) < 4.78 is 11.3. The number of amidine groups is 2. The van der Waals surface area contributed by atoms with Gasteiger partial charge in [-0.1, -0.05) is 79.1 Å². The van der Waals surface area contributed by atoms with E-state index in [9.17, 15) is 10.2 Å². The molecule has 7 heteroatoms. The number of hydrogen-bond acceptors (Lipinski definition) is 7. The summed E-state index contributed by atoms with van der Waals surface area (Å²) in [5.41, 5.74) is 7.97. The van der Waals surface area contributed by atoms with Crippen molar-refractivity contribution in [1.82, 2.24) is 0 Å². The number of nitrogens with zero attached hydrogens (tertiary/aromatic N) is 3. The molecule has 0 saturated carbocycles. The summed E-state index contributed by atoms with van der Waals surface area (Å²) in [6, 6.07) is 27.9. The van der Waals surface area contributed by atoms with Gasteiger partial charge in [0.15, 0.2) is 12.0 Å². The molecule has 0 fully saturated rings. The van der Waals surface area contributed by atoms with E-state index in [1.807, 2.05) is 36.4 Å². The third kappa shape index (κ3) is 7.62. The maximum Gasteiger partial charge on any atom is 0.159 e. The van der Waals surface area contributed by atoms with Gasteiger partial charge in [-0.25, -0.2) is 9.98 Å². The third-order valence-corrected chi connectivity index (χ3v) is 7.89. The number of aliphatic hydroxyl groups excluding tert-OH is 1. The molecule has 0 bridgehead atoms. The van der Waals surface area contributed by atoms with E-state index in [1.165, 1.54) is 11.1 Å². The highest BCUT2D eigenvalue weighted by Gasteiger charge is 2.33. The molecular formula is C38H43N3O4. The Bertz CT molecular complexity index is 1680. The Morgan fingerprint density at radius 3 is 2.22 bits per heavy atom. The van der Waals surface area contributed by atoms with E-state index in [0.29, 0.717) is 29.6 Å². The number of aryl methyl sites for hydroxylation is 4. The molecule has 0 aromatic heterocycles. The molecule has 1 heterocycles. The zero-order chi connectivity index (χ0) is 31.9. The van der Waals surface area contributed by atoms with Gasteiger partial charge in [-0.2, -0.15) is 0 Å². The number of rotatable bonds is 12. The zero-order valence-corrected chi connectivity index (χ0v) is 26.8. The Morgan fingerprint density at radius 2 is 1.53 bits per heavy atom. The number of aliphatic imine (C=N–C) groups is 2. The van der Waals surface area contributed by atoms with Crippen LogP contribution in [0.2, 0.25) is 0 Å². The zero-order valence-electron chi connectivity index (χ0n) is 26.8. The van der Waals surface area contributed by atoms with Crippen molar-refractivity contribution in [3.63, 3.8) is 0 Å². The first-order chi connectivity index (χ1) is 21.7. The Balaban J connectivity index is 1.57. The fourth-order valence-corrected chi connectivity index (χ4v) is 5.53. The van der Waals surface area contributed by atoms with Crippen LogP contribution in [-0.2, 0) is 4.74 Å². The van der Waals surface area contributed by atoms with Crippen molar-refractivity contribution in [3.8, 4) is 11.5 Å². The molecule has 0 spiro atoms. The number of phenols is 1. The number of aliphatic hydroxyl groups is 1. The lowest BCUT2D eigenvalue weighted by Crippen LogP contribution is -2.39. The van der Waals surface area contributed by atoms with Gasteiger partial charge in [-0.05, 0) is 75.1 Å². The normalized spacial score (nSPS) is 15.4. The Hall–Kier alpha value is -4.46. The molecule has 1 aliphatic rings. The van der Waals surface area contributed by atoms with E-state index in [2.05, 4.69) is 75.9 Å². The van der Waals surface area contributed by atoms with Gasteiger partial charge in [0, 0.05) is 23.9 Å². The summed E-state index contributed by atoms with van der Waals surface area (Å²) in [5, 5.41) is 21.8. The molecule has 0 aliphatic carbocycles. The molecule has 0 radical (unpaired) electrons. The van der Waals surface area contributed by atoms with Crippen molar-refractivity contribution in [3.05, 3.63) is 124 Å². The summed E-state index contributed by atoms with van der Waals surface area (Å²) in [6.45, 7) is 11.3. The molecule has 4 aromatic rings. The molecule has 7 nitrogen and oxygen atoms in total. The number of anilines is 1. The number of para-hydroxylation sites is 1. The molecule has 4 aromatic carbocycles. The highest BCUT2D eigenvalue weighted by atomic mass is 16.5. The van der Waals surface area contributed by atoms with Crippen LogP contribution in [0.15, 0.2) is 94.9 Å². The quantitative estimate of drug-likeness (QED) is 0.163. The Morgan fingerprint density at radius 1 is 0.822 bits per heavy atom. The number of ether oxygens (including phenoxy) is 2. The lowest BCUT2D eigenvalue weighted by molar-refractivity contribution is 0.0113. The Kier molecular flexibility index (Phi) is 10.3. The van der Waals surface area contributed by atoms with Crippen LogP contribution in [0.4, 0.5) is 5.69 Å². The molecule has 2 unspecified atom stereocenters. The summed E-state index contributed by atoms with van der Waals surface area (Å²) in [6.07, 6.45) is 0.783. The van der Waals surface area contributed by atoms with E-state index in [-0.39, 0.29) is 19.0 Å². The van der Waals surface area contributed by atoms with Gasteiger partial charge >= 0.3 is 0 Å². The lowest BCUT2D eigenvalue weighted by atomic mass is 9.99. The van der Waals surface area contributed by atoms with Gasteiger partial charge in [0.2, 0.25) is 0 Å². The Labute approximate surface area is 266 Å². The minimum Gasteiger partial charge on any atom is -0.507 e. The number of phenolic OH excluding ortho intramolecular Hbond substituents is 1. The third-order valence-electron chi connectivity index (χ3n) is 7.89. The van der Waals surface area contributed by atoms with Crippen molar-refractivity contribution in [2.75, 3.05) is 24.7 Å². The standard InChI is InChI=1S/C38H43N3O4/c1-6-7-19-44-23-30(42)24-45-31-15-18-34(35(43)22-31)38-40-36(32-16-13-25(2)20-27(32)4)39-37(33-17-14-26(3)21-28(33)5)41(38)29-11-9-8-10-12-29/h8-18,20-22,30,37,42-43H,6-7,19,23-24H2,1-5H3. The topological polar surface area (TPSA) is 86.9 Å². The van der Waals surface area contributed by atoms with Gasteiger partial charge in [0.25, 0.3) is 0 Å². The molecular weight excluding hydrogens is 562 g/mol. The maximum absolute atomic E-state index is 11.5. The second-order valence-corrected chi connectivity index (χ2v) is 11.7. The van der Waals surface area contributed by atoms with Gasteiger partial charge in [0.1, 0.15) is 30.0 Å². The fraction of sp³-hybridized carbons (Fsp3) is 0.316. The number of aromatic hydroxyl groups is 1. The summed E-state index contributed by atoms with van der Waals surface area (Å²) >= 11 is 0. The minimum absolute atomic E-state index is 0.0159. The predicted molar refractivity (Wildman–Crippen MR) is 182 cm³/mol. The number of unbranched alkanes of at least 4 members (excludes halogenated alkanes) is 1. The van der Waals surface area contributed by atoms with Crippen molar-refractivity contribution in [2.45, 2.75) is 59.7 Å². The second kappa shape index (κ2) is 14.5. The SMILES string of the molecule is CCCCOCC(O)COc1ccc(C2=NC(c3ccc(C)cc3C)=NC(c3ccc(C)cc3C)N2c2ccccc2)c(O)c1. The second-order valence-electron chi connectivity index (χ2n) is 11.7. The van der Waals surface area contributed by atoms with Crippen LogP contribution < -0.4 is 9.64 Å². The minimum atomic E-state index is -0.769. The van der Waals surface area contributed by atoms with E-state index < -0.39 is 12.3 Å². The first-order valence-corrected chi connectivity index (χ1v) is 15.6. The van der Waals surface area contributed by atoms with Crippen LogP contribution >= 0.6 is 0 Å². The molecule has 2 atom stereocenters.